The van der Waals surface area contributed by atoms with Crippen molar-refractivity contribution >= 4 is 5.65 Å². The molecule has 1 atom stereocenters. The Labute approximate surface area is 106 Å². The second-order valence-corrected chi connectivity index (χ2v) is 5.25. The first-order valence-corrected chi connectivity index (χ1v) is 6.43. The fourth-order valence-electron chi connectivity index (χ4n) is 2.64. The molecule has 18 heavy (non-hydrogen) atoms. The van der Waals surface area contributed by atoms with E-state index in [1.807, 2.05) is 4.40 Å². The Bertz CT molecular complexity index is 563. The number of likely N-dealkylation sites (tertiary alicyclic amines) is 1. The number of aromatic nitrogens is 3. The van der Waals surface area contributed by atoms with Crippen molar-refractivity contribution in [1.29, 1.82) is 0 Å². The highest BCUT2D eigenvalue weighted by Gasteiger charge is 2.28. The van der Waals surface area contributed by atoms with Crippen molar-refractivity contribution in [3.05, 3.63) is 24.2 Å². The zero-order valence-corrected chi connectivity index (χ0v) is 10.7. The molecule has 5 nitrogen and oxygen atoms in total. The molecule has 1 aliphatic heterocycles. The van der Waals surface area contributed by atoms with Gasteiger partial charge in [0.15, 0.2) is 5.65 Å². The lowest BCUT2D eigenvalue weighted by Crippen LogP contribution is -2.28. The molecule has 5 heteroatoms. The predicted molar refractivity (Wildman–Crippen MR) is 68.7 cm³/mol. The first-order valence-electron chi connectivity index (χ1n) is 6.43. The van der Waals surface area contributed by atoms with E-state index in [-0.39, 0.29) is 5.75 Å². The van der Waals surface area contributed by atoms with Gasteiger partial charge in [-0.05, 0) is 38.9 Å². The standard InChI is InChI=1S/C13H18N4O/c1-9(2)16-6-5-10(7-16)13-15-14-12-4-3-11(18)8-17(12)13/h3-4,8-10,18H,5-7H2,1-2H3. The van der Waals surface area contributed by atoms with Gasteiger partial charge in [0.2, 0.25) is 0 Å². The van der Waals surface area contributed by atoms with Crippen LogP contribution in [0.15, 0.2) is 18.3 Å². The van der Waals surface area contributed by atoms with E-state index in [2.05, 4.69) is 28.9 Å². The number of aromatic hydroxyl groups is 1. The first kappa shape index (κ1) is 11.5. The van der Waals surface area contributed by atoms with Gasteiger partial charge >= 0.3 is 0 Å². The number of hydrogen-bond donors (Lipinski definition) is 1. The van der Waals surface area contributed by atoms with Gasteiger partial charge < -0.3 is 10.0 Å². The minimum Gasteiger partial charge on any atom is -0.506 e. The Hall–Kier alpha value is -1.62. The summed E-state index contributed by atoms with van der Waals surface area (Å²) >= 11 is 0. The maximum Gasteiger partial charge on any atom is 0.161 e. The van der Waals surface area contributed by atoms with E-state index >= 15 is 0 Å². The number of pyridine rings is 1. The third-order valence-electron chi connectivity index (χ3n) is 3.73. The monoisotopic (exact) mass is 246 g/mol. The zero-order chi connectivity index (χ0) is 12.7. The van der Waals surface area contributed by atoms with Crippen LogP contribution < -0.4 is 0 Å². The highest BCUT2D eigenvalue weighted by Crippen LogP contribution is 2.28. The second kappa shape index (κ2) is 4.24. The smallest absolute Gasteiger partial charge is 0.161 e. The summed E-state index contributed by atoms with van der Waals surface area (Å²) in [6.45, 7) is 6.57. The van der Waals surface area contributed by atoms with Gasteiger partial charge in [-0.3, -0.25) is 4.40 Å². The molecule has 0 aromatic carbocycles. The number of nitrogens with zero attached hydrogens (tertiary/aromatic N) is 4. The van der Waals surface area contributed by atoms with Gasteiger partial charge in [0.05, 0.1) is 6.20 Å². The average molecular weight is 246 g/mol. The topological polar surface area (TPSA) is 53.7 Å². The molecular formula is C13H18N4O. The Morgan fingerprint density at radius 2 is 2.17 bits per heavy atom. The lowest BCUT2D eigenvalue weighted by Gasteiger charge is -2.19. The van der Waals surface area contributed by atoms with Crippen molar-refractivity contribution in [3.8, 4) is 5.75 Å². The van der Waals surface area contributed by atoms with Crippen LogP contribution in [0.3, 0.4) is 0 Å². The zero-order valence-electron chi connectivity index (χ0n) is 10.7. The van der Waals surface area contributed by atoms with Crippen molar-refractivity contribution in [2.75, 3.05) is 13.1 Å². The Balaban J connectivity index is 1.93. The molecule has 0 bridgehead atoms. The molecule has 1 unspecified atom stereocenters. The summed E-state index contributed by atoms with van der Waals surface area (Å²) in [7, 11) is 0. The fourth-order valence-corrected chi connectivity index (χ4v) is 2.64. The highest BCUT2D eigenvalue weighted by molar-refractivity contribution is 5.41. The summed E-state index contributed by atoms with van der Waals surface area (Å²) in [6, 6.07) is 4.01. The maximum atomic E-state index is 9.57. The summed E-state index contributed by atoms with van der Waals surface area (Å²) in [5, 5.41) is 18.0. The van der Waals surface area contributed by atoms with Crippen LogP contribution in [0.4, 0.5) is 0 Å². The van der Waals surface area contributed by atoms with Gasteiger partial charge in [0.1, 0.15) is 11.6 Å². The SMILES string of the molecule is CC(C)N1CCC(c2nnc3ccc(O)cn23)C1. The Morgan fingerprint density at radius 1 is 1.33 bits per heavy atom. The predicted octanol–water partition coefficient (Wildman–Crippen LogP) is 1.63. The van der Waals surface area contributed by atoms with Gasteiger partial charge in [-0.15, -0.1) is 10.2 Å². The highest BCUT2D eigenvalue weighted by atomic mass is 16.3. The van der Waals surface area contributed by atoms with Gasteiger partial charge in [-0.2, -0.15) is 0 Å². The van der Waals surface area contributed by atoms with Gasteiger partial charge in [0, 0.05) is 18.5 Å². The van der Waals surface area contributed by atoms with Crippen molar-refractivity contribution in [2.45, 2.75) is 32.2 Å². The van der Waals surface area contributed by atoms with E-state index in [1.54, 1.807) is 18.3 Å². The summed E-state index contributed by atoms with van der Waals surface area (Å²) < 4.78 is 1.91. The van der Waals surface area contributed by atoms with Crippen molar-refractivity contribution in [1.82, 2.24) is 19.5 Å². The molecule has 3 rings (SSSR count). The lowest BCUT2D eigenvalue weighted by molar-refractivity contribution is 0.271. The van der Waals surface area contributed by atoms with E-state index in [0.717, 1.165) is 31.0 Å². The first-order chi connectivity index (χ1) is 8.65. The minimum absolute atomic E-state index is 0.252. The normalized spacial score (nSPS) is 21.2. The van der Waals surface area contributed by atoms with Crippen molar-refractivity contribution in [2.24, 2.45) is 0 Å². The van der Waals surface area contributed by atoms with Crippen molar-refractivity contribution < 1.29 is 5.11 Å². The van der Waals surface area contributed by atoms with Crippen LogP contribution in [-0.2, 0) is 0 Å². The fraction of sp³-hybridized carbons (Fsp3) is 0.538. The van der Waals surface area contributed by atoms with Crippen LogP contribution in [-0.4, -0.2) is 43.7 Å². The molecule has 3 heterocycles. The van der Waals surface area contributed by atoms with Crippen molar-refractivity contribution in [3.63, 3.8) is 0 Å². The van der Waals surface area contributed by atoms with E-state index in [4.69, 9.17) is 0 Å². The molecule has 2 aromatic rings. The number of fused-ring (bicyclic) bond motifs is 1. The van der Waals surface area contributed by atoms with E-state index < -0.39 is 0 Å². The van der Waals surface area contributed by atoms with Gasteiger partial charge in [0.25, 0.3) is 0 Å². The van der Waals surface area contributed by atoms with Crippen LogP contribution >= 0.6 is 0 Å². The minimum atomic E-state index is 0.252. The summed E-state index contributed by atoms with van der Waals surface area (Å²) in [6.07, 6.45) is 2.80. The molecule has 0 aliphatic carbocycles. The number of hydrogen-bond acceptors (Lipinski definition) is 4. The molecule has 1 N–H and O–H groups in total. The Morgan fingerprint density at radius 3 is 2.89 bits per heavy atom. The summed E-state index contributed by atoms with van der Waals surface area (Å²) in [5.74, 6) is 1.62. The van der Waals surface area contributed by atoms with Gasteiger partial charge in [-0.1, -0.05) is 0 Å². The average Bonchev–Trinajstić information content (AvgIpc) is 2.93. The summed E-state index contributed by atoms with van der Waals surface area (Å²) in [5.41, 5.74) is 0.797. The van der Waals surface area contributed by atoms with Crippen LogP contribution in [0.25, 0.3) is 5.65 Å². The Kier molecular flexibility index (Phi) is 2.70. The van der Waals surface area contributed by atoms with E-state index in [1.165, 1.54) is 0 Å². The molecule has 0 radical (unpaired) electrons. The molecule has 0 amide bonds. The largest absolute Gasteiger partial charge is 0.506 e. The summed E-state index contributed by atoms with van der Waals surface area (Å²) in [4.78, 5) is 2.45. The number of rotatable bonds is 2. The maximum absolute atomic E-state index is 9.57. The van der Waals surface area contributed by atoms with Crippen LogP contribution in [0.5, 0.6) is 5.75 Å². The van der Waals surface area contributed by atoms with Crippen LogP contribution in [0, 0.1) is 0 Å². The third-order valence-corrected chi connectivity index (χ3v) is 3.73. The van der Waals surface area contributed by atoms with E-state index in [9.17, 15) is 5.11 Å². The lowest BCUT2D eigenvalue weighted by atomic mass is 10.1. The molecule has 1 aliphatic rings. The van der Waals surface area contributed by atoms with Gasteiger partial charge in [-0.25, -0.2) is 0 Å². The second-order valence-electron chi connectivity index (χ2n) is 5.25. The molecule has 0 saturated carbocycles. The van der Waals surface area contributed by atoms with Crippen LogP contribution in [0.1, 0.15) is 32.0 Å². The molecule has 1 saturated heterocycles. The van der Waals surface area contributed by atoms with E-state index in [0.29, 0.717) is 12.0 Å². The quantitative estimate of drug-likeness (QED) is 0.875. The molecule has 2 aromatic heterocycles. The molecule has 96 valence electrons. The molecule has 1 fully saturated rings. The third kappa shape index (κ3) is 1.84. The molecular weight excluding hydrogens is 228 g/mol. The van der Waals surface area contributed by atoms with Crippen LogP contribution in [0.2, 0.25) is 0 Å². The molecule has 0 spiro atoms.